The third-order valence-electron chi connectivity index (χ3n) is 8.80. The van der Waals surface area contributed by atoms with Gasteiger partial charge in [-0.15, -0.1) is 0 Å². The Morgan fingerprint density at radius 2 is 1.55 bits per heavy atom. The van der Waals surface area contributed by atoms with Gasteiger partial charge in [0.2, 0.25) is 0 Å². The molecule has 0 radical (unpaired) electrons. The lowest BCUT2D eigenvalue weighted by molar-refractivity contribution is -0.384. The van der Waals surface area contributed by atoms with E-state index in [-0.39, 0.29) is 23.0 Å². The molecule has 206 valence electrons. The molecule has 3 aliphatic rings. The van der Waals surface area contributed by atoms with E-state index in [1.807, 2.05) is 41.3 Å². The fraction of sp³-hybridized carbons (Fsp3) is 0.147. The fourth-order valence-electron chi connectivity index (χ4n) is 7.04. The molecule has 1 spiro atoms. The van der Waals surface area contributed by atoms with E-state index in [9.17, 15) is 24.5 Å². The highest BCUT2D eigenvalue weighted by atomic mass is 16.6. The molecule has 0 aromatic heterocycles. The zero-order chi connectivity index (χ0) is 29.2. The van der Waals surface area contributed by atoms with Crippen molar-refractivity contribution in [2.45, 2.75) is 18.0 Å². The van der Waals surface area contributed by atoms with Crippen LogP contribution >= 0.6 is 0 Å². The molecule has 4 aromatic carbocycles. The van der Waals surface area contributed by atoms with Crippen molar-refractivity contribution in [3.8, 4) is 5.75 Å². The molecule has 1 saturated heterocycles. The molecule has 1 aliphatic carbocycles. The molecule has 1 fully saturated rings. The number of anilines is 1. The standard InChI is InChI=1S/C34H24N2O6/c1-42-24-9-6-8-22(19-24)31(37)30-29(21-13-16-23(17-14-21)36(40)41)34(32(38)25-10-3-4-11-26(25)33(34)39)28-18-15-20-7-2-5-12-27(20)35(28)30/h2-19,28-30H,1H3/t28-,29+,30+/m1/s1. The first-order valence-corrected chi connectivity index (χ1v) is 13.5. The Bertz CT molecular complexity index is 1810. The third kappa shape index (κ3) is 3.38. The van der Waals surface area contributed by atoms with Crippen molar-refractivity contribution in [3.63, 3.8) is 0 Å². The molecule has 8 nitrogen and oxygen atoms in total. The number of methoxy groups -OCH3 is 1. The highest BCUT2D eigenvalue weighted by Gasteiger charge is 2.71. The maximum Gasteiger partial charge on any atom is 0.269 e. The van der Waals surface area contributed by atoms with Gasteiger partial charge in [0.25, 0.3) is 5.69 Å². The van der Waals surface area contributed by atoms with Crippen molar-refractivity contribution in [3.05, 3.63) is 141 Å². The van der Waals surface area contributed by atoms with Gasteiger partial charge in [-0.1, -0.05) is 78.9 Å². The first-order valence-electron chi connectivity index (χ1n) is 13.5. The molecule has 0 N–H and O–H groups in total. The van der Waals surface area contributed by atoms with Crippen LogP contribution in [0.3, 0.4) is 0 Å². The second kappa shape index (κ2) is 9.34. The number of hydrogen-bond donors (Lipinski definition) is 0. The summed E-state index contributed by atoms with van der Waals surface area (Å²) in [6.45, 7) is 0. The van der Waals surface area contributed by atoms with E-state index in [4.69, 9.17) is 4.74 Å². The number of ether oxygens (including phenoxy) is 1. The van der Waals surface area contributed by atoms with Gasteiger partial charge in [0, 0.05) is 40.4 Å². The van der Waals surface area contributed by atoms with Gasteiger partial charge in [-0.05, 0) is 29.3 Å². The first-order chi connectivity index (χ1) is 20.4. The minimum atomic E-state index is -1.68. The zero-order valence-electron chi connectivity index (χ0n) is 22.5. The summed E-state index contributed by atoms with van der Waals surface area (Å²) in [5.74, 6) is -1.46. The summed E-state index contributed by atoms with van der Waals surface area (Å²) in [5, 5.41) is 11.5. The number of nitro benzene ring substituents is 1. The first kappa shape index (κ1) is 25.6. The Kier molecular flexibility index (Phi) is 5.69. The largest absolute Gasteiger partial charge is 0.497 e. The van der Waals surface area contributed by atoms with E-state index in [0.29, 0.717) is 28.0 Å². The minimum absolute atomic E-state index is 0.128. The summed E-state index contributed by atoms with van der Waals surface area (Å²) in [7, 11) is 1.52. The minimum Gasteiger partial charge on any atom is -0.497 e. The highest BCUT2D eigenvalue weighted by molar-refractivity contribution is 6.32. The molecule has 0 unspecified atom stereocenters. The van der Waals surface area contributed by atoms with Gasteiger partial charge in [0.05, 0.1) is 18.1 Å². The van der Waals surface area contributed by atoms with Gasteiger partial charge in [-0.25, -0.2) is 0 Å². The normalized spacial score (nSPS) is 21.2. The SMILES string of the molecule is COc1cccc(C(=O)[C@@H]2[C@H](c3ccc([N+](=O)[O-])cc3)C3(C(=O)c4ccccc4C3=O)[C@H]3C=Cc4ccccc4N23)c1. The van der Waals surface area contributed by atoms with Crippen LogP contribution in [0.15, 0.2) is 103 Å². The molecular weight excluding hydrogens is 532 g/mol. The number of nitro groups is 1. The summed E-state index contributed by atoms with van der Waals surface area (Å²) >= 11 is 0. The summed E-state index contributed by atoms with van der Waals surface area (Å²) in [6.07, 6.45) is 3.74. The molecule has 8 heteroatoms. The van der Waals surface area contributed by atoms with Gasteiger partial charge in [-0.2, -0.15) is 0 Å². The lowest BCUT2D eigenvalue weighted by Gasteiger charge is -2.37. The van der Waals surface area contributed by atoms with Crippen molar-refractivity contribution >= 4 is 34.8 Å². The van der Waals surface area contributed by atoms with Crippen LogP contribution < -0.4 is 9.64 Å². The Morgan fingerprint density at radius 1 is 0.881 bits per heavy atom. The average molecular weight is 557 g/mol. The Balaban J connectivity index is 1.53. The van der Waals surface area contributed by atoms with Crippen molar-refractivity contribution in [2.24, 2.45) is 5.41 Å². The number of carbonyl (C=O) groups is 3. The summed E-state index contributed by atoms with van der Waals surface area (Å²) in [5.41, 5.74) is 1.27. The maximum absolute atomic E-state index is 14.7. The van der Waals surface area contributed by atoms with Crippen LogP contribution in [0.2, 0.25) is 0 Å². The van der Waals surface area contributed by atoms with Gasteiger partial charge in [-0.3, -0.25) is 24.5 Å². The second-order valence-corrected chi connectivity index (χ2v) is 10.7. The van der Waals surface area contributed by atoms with Crippen LogP contribution in [0.1, 0.15) is 48.1 Å². The quantitative estimate of drug-likeness (QED) is 0.130. The van der Waals surface area contributed by atoms with E-state index >= 15 is 0 Å². The van der Waals surface area contributed by atoms with Gasteiger partial charge in [0.15, 0.2) is 17.3 Å². The lowest BCUT2D eigenvalue weighted by atomic mass is 9.64. The van der Waals surface area contributed by atoms with Gasteiger partial charge >= 0.3 is 0 Å². The van der Waals surface area contributed by atoms with Crippen LogP contribution in [0, 0.1) is 15.5 Å². The topological polar surface area (TPSA) is 107 Å². The van der Waals surface area contributed by atoms with Gasteiger partial charge < -0.3 is 9.64 Å². The van der Waals surface area contributed by atoms with Crippen LogP contribution in [0.25, 0.3) is 6.08 Å². The van der Waals surface area contributed by atoms with Crippen molar-refractivity contribution in [1.82, 2.24) is 0 Å². The van der Waals surface area contributed by atoms with Crippen LogP contribution in [-0.2, 0) is 0 Å². The number of fused-ring (bicyclic) bond motifs is 5. The Morgan fingerprint density at radius 3 is 2.21 bits per heavy atom. The highest BCUT2D eigenvalue weighted by Crippen LogP contribution is 2.61. The molecule has 2 heterocycles. The summed E-state index contributed by atoms with van der Waals surface area (Å²) in [6, 6.07) is 25.2. The van der Waals surface area contributed by atoms with Crippen molar-refractivity contribution in [2.75, 3.05) is 12.0 Å². The molecule has 4 aromatic rings. The predicted molar refractivity (Wildman–Crippen MR) is 156 cm³/mol. The molecule has 0 bridgehead atoms. The second-order valence-electron chi connectivity index (χ2n) is 10.7. The zero-order valence-corrected chi connectivity index (χ0v) is 22.5. The number of hydrogen-bond acceptors (Lipinski definition) is 7. The lowest BCUT2D eigenvalue weighted by Crippen LogP contribution is -2.48. The molecule has 3 atom stereocenters. The predicted octanol–water partition coefficient (Wildman–Crippen LogP) is 5.92. The van der Waals surface area contributed by atoms with E-state index in [0.717, 1.165) is 11.3 Å². The smallest absolute Gasteiger partial charge is 0.269 e. The Labute approximate surface area is 241 Å². The third-order valence-corrected chi connectivity index (χ3v) is 8.80. The summed E-state index contributed by atoms with van der Waals surface area (Å²) < 4.78 is 5.40. The number of benzene rings is 4. The van der Waals surface area contributed by atoms with Crippen LogP contribution in [0.5, 0.6) is 5.75 Å². The van der Waals surface area contributed by atoms with E-state index in [2.05, 4.69) is 0 Å². The van der Waals surface area contributed by atoms with Crippen LogP contribution in [-0.4, -0.2) is 41.5 Å². The molecular formula is C34H24N2O6. The molecule has 0 amide bonds. The number of ketones is 3. The number of carbonyl (C=O) groups excluding carboxylic acids is 3. The molecule has 0 saturated carbocycles. The van der Waals surface area contributed by atoms with Crippen molar-refractivity contribution < 1.29 is 24.0 Å². The van der Waals surface area contributed by atoms with Crippen molar-refractivity contribution in [1.29, 1.82) is 0 Å². The van der Waals surface area contributed by atoms with Crippen LogP contribution in [0.4, 0.5) is 11.4 Å². The number of para-hydroxylation sites is 1. The van der Waals surface area contributed by atoms with E-state index in [1.54, 1.807) is 60.7 Å². The monoisotopic (exact) mass is 556 g/mol. The van der Waals surface area contributed by atoms with E-state index < -0.39 is 28.3 Å². The fourth-order valence-corrected chi connectivity index (χ4v) is 7.04. The number of rotatable bonds is 5. The number of Topliss-reactive ketones (excluding diaryl/α,β-unsaturated/α-hetero) is 3. The Hall–Kier alpha value is -5.37. The number of nitrogens with zero attached hydrogens (tertiary/aromatic N) is 2. The van der Waals surface area contributed by atoms with E-state index in [1.165, 1.54) is 19.2 Å². The summed E-state index contributed by atoms with van der Waals surface area (Å²) in [4.78, 5) is 56.9. The van der Waals surface area contributed by atoms with Gasteiger partial charge in [0.1, 0.15) is 17.2 Å². The maximum atomic E-state index is 14.7. The molecule has 2 aliphatic heterocycles. The molecule has 42 heavy (non-hydrogen) atoms. The average Bonchev–Trinajstić information content (AvgIpc) is 3.47. The molecule has 7 rings (SSSR count). The number of non-ortho nitro benzene ring substituents is 1.